The molecule has 10 rings (SSSR count). The molecule has 51 heavy (non-hydrogen) atoms. The lowest BCUT2D eigenvalue weighted by Gasteiger charge is -2.27. The predicted molar refractivity (Wildman–Crippen MR) is 220 cm³/mol. The topological polar surface area (TPSA) is 3.24 Å². The fourth-order valence-corrected chi connectivity index (χ4v) is 7.95. The largest absolute Gasteiger partial charge is 0.310 e. The van der Waals surface area contributed by atoms with Crippen LogP contribution >= 0.6 is 0 Å². The van der Waals surface area contributed by atoms with E-state index in [9.17, 15) is 0 Å². The first kappa shape index (κ1) is 29.2. The zero-order valence-corrected chi connectivity index (χ0v) is 28.0. The van der Waals surface area contributed by atoms with Crippen LogP contribution in [0.4, 0.5) is 17.1 Å². The lowest BCUT2D eigenvalue weighted by Crippen LogP contribution is -2.10. The maximum atomic E-state index is 2.41. The average Bonchev–Trinajstić information content (AvgIpc) is 3.21. The maximum Gasteiger partial charge on any atom is 0.0468 e. The molecule has 0 N–H and O–H groups in total. The number of nitrogens with zero attached hydrogens (tertiary/aromatic N) is 1. The Labute approximate surface area is 297 Å². The third-order valence-corrected chi connectivity index (χ3v) is 10.4. The van der Waals surface area contributed by atoms with Crippen LogP contribution in [-0.4, -0.2) is 0 Å². The summed E-state index contributed by atoms with van der Waals surface area (Å²) in [5.74, 6) is 0. The third kappa shape index (κ3) is 5.02. The molecule has 0 aliphatic rings. The van der Waals surface area contributed by atoms with Gasteiger partial charge in [0.1, 0.15) is 0 Å². The van der Waals surface area contributed by atoms with Gasteiger partial charge in [0.15, 0.2) is 0 Å². The van der Waals surface area contributed by atoms with Crippen LogP contribution in [0.25, 0.3) is 76.1 Å². The number of rotatable bonds is 5. The van der Waals surface area contributed by atoms with Crippen molar-refractivity contribution in [2.24, 2.45) is 0 Å². The minimum atomic E-state index is 1.11. The van der Waals surface area contributed by atoms with Gasteiger partial charge in [-0.1, -0.05) is 164 Å². The van der Waals surface area contributed by atoms with Crippen LogP contribution in [0.3, 0.4) is 0 Å². The third-order valence-electron chi connectivity index (χ3n) is 10.4. The Hall–Kier alpha value is -6.70. The molecule has 0 saturated carbocycles. The summed E-state index contributed by atoms with van der Waals surface area (Å²) in [4.78, 5) is 2.41. The first-order valence-electron chi connectivity index (χ1n) is 17.6. The van der Waals surface area contributed by atoms with E-state index < -0.39 is 0 Å². The van der Waals surface area contributed by atoms with Gasteiger partial charge in [0.05, 0.1) is 0 Å². The maximum absolute atomic E-state index is 2.41. The van der Waals surface area contributed by atoms with Gasteiger partial charge < -0.3 is 4.90 Å². The van der Waals surface area contributed by atoms with Crippen molar-refractivity contribution in [2.45, 2.75) is 0 Å². The SMILES string of the molecule is c1ccc(-c2cccc(N(c3cccc(-c4cccc5c4ccc4c6ccccc6ccc54)c3)c3ccc4ccc5ccccc5c4c3)c2)cc1. The van der Waals surface area contributed by atoms with E-state index in [0.717, 1.165) is 17.1 Å². The number of hydrogen-bond acceptors (Lipinski definition) is 1. The number of fused-ring (bicyclic) bond motifs is 8. The van der Waals surface area contributed by atoms with Gasteiger partial charge in [-0.3, -0.25) is 0 Å². The zero-order chi connectivity index (χ0) is 33.7. The highest BCUT2D eigenvalue weighted by Crippen LogP contribution is 2.42. The molecule has 0 bridgehead atoms. The van der Waals surface area contributed by atoms with Gasteiger partial charge in [-0.15, -0.1) is 0 Å². The molecule has 1 nitrogen and oxygen atoms in total. The molecule has 10 aromatic carbocycles. The van der Waals surface area contributed by atoms with Crippen molar-refractivity contribution in [3.8, 4) is 22.3 Å². The van der Waals surface area contributed by atoms with E-state index in [1.54, 1.807) is 0 Å². The summed E-state index contributed by atoms with van der Waals surface area (Å²) in [5.41, 5.74) is 8.16. The Bertz CT molecular complexity index is 2920. The summed E-state index contributed by atoms with van der Waals surface area (Å²) in [6, 6.07) is 73.1. The van der Waals surface area contributed by atoms with E-state index in [4.69, 9.17) is 0 Å². The fourth-order valence-electron chi connectivity index (χ4n) is 7.95. The summed E-state index contributed by atoms with van der Waals surface area (Å²) >= 11 is 0. The molecule has 0 heterocycles. The second-order valence-electron chi connectivity index (χ2n) is 13.3. The van der Waals surface area contributed by atoms with Gasteiger partial charge in [0.25, 0.3) is 0 Å². The number of hydrogen-bond donors (Lipinski definition) is 0. The monoisotopic (exact) mass is 647 g/mol. The van der Waals surface area contributed by atoms with Crippen LogP contribution in [0, 0.1) is 0 Å². The van der Waals surface area contributed by atoms with E-state index in [0.29, 0.717) is 0 Å². The molecule has 0 spiro atoms. The Morgan fingerprint density at radius 3 is 1.49 bits per heavy atom. The minimum Gasteiger partial charge on any atom is -0.310 e. The van der Waals surface area contributed by atoms with E-state index >= 15 is 0 Å². The van der Waals surface area contributed by atoms with Crippen molar-refractivity contribution in [2.75, 3.05) is 4.90 Å². The molecule has 0 radical (unpaired) electrons. The van der Waals surface area contributed by atoms with Crippen molar-refractivity contribution in [1.82, 2.24) is 0 Å². The Kier molecular flexibility index (Phi) is 6.89. The lowest BCUT2D eigenvalue weighted by molar-refractivity contribution is 1.29. The van der Waals surface area contributed by atoms with Crippen molar-refractivity contribution in [1.29, 1.82) is 0 Å². The first-order chi connectivity index (χ1) is 25.3. The van der Waals surface area contributed by atoms with Crippen LogP contribution in [-0.2, 0) is 0 Å². The Morgan fingerprint density at radius 2 is 0.706 bits per heavy atom. The molecule has 0 aliphatic carbocycles. The van der Waals surface area contributed by atoms with Crippen molar-refractivity contribution in [3.63, 3.8) is 0 Å². The van der Waals surface area contributed by atoms with E-state index in [1.165, 1.54) is 76.1 Å². The van der Waals surface area contributed by atoms with E-state index in [-0.39, 0.29) is 0 Å². The molecule has 0 amide bonds. The van der Waals surface area contributed by atoms with Crippen LogP contribution < -0.4 is 4.90 Å². The minimum absolute atomic E-state index is 1.11. The lowest BCUT2D eigenvalue weighted by atomic mass is 9.92. The second kappa shape index (κ2) is 12.0. The summed E-state index contributed by atoms with van der Waals surface area (Å²) in [6.07, 6.45) is 0. The molecule has 1 heteroatoms. The number of anilines is 3. The van der Waals surface area contributed by atoms with Crippen molar-refractivity contribution >= 4 is 70.9 Å². The molecule has 0 aromatic heterocycles. The zero-order valence-electron chi connectivity index (χ0n) is 28.0. The molecule has 0 fully saturated rings. The van der Waals surface area contributed by atoms with Gasteiger partial charge in [-0.05, 0) is 113 Å². The van der Waals surface area contributed by atoms with Crippen LogP contribution in [0.1, 0.15) is 0 Å². The van der Waals surface area contributed by atoms with E-state index in [2.05, 4.69) is 205 Å². The van der Waals surface area contributed by atoms with Crippen LogP contribution in [0.15, 0.2) is 200 Å². The van der Waals surface area contributed by atoms with Gasteiger partial charge in [0, 0.05) is 17.1 Å². The molecule has 10 aromatic rings. The van der Waals surface area contributed by atoms with E-state index in [1.807, 2.05) is 0 Å². The fraction of sp³-hybridized carbons (Fsp3) is 0. The summed E-state index contributed by atoms with van der Waals surface area (Å²) < 4.78 is 0. The second-order valence-corrected chi connectivity index (χ2v) is 13.3. The smallest absolute Gasteiger partial charge is 0.0468 e. The molecular formula is C50H33N. The Morgan fingerprint density at radius 1 is 0.235 bits per heavy atom. The first-order valence-corrected chi connectivity index (χ1v) is 17.6. The molecular weight excluding hydrogens is 615 g/mol. The standard InChI is InChI=1S/C50H33N/c1-2-11-34(12-3-1)38-15-8-17-40(31-38)51(42-27-25-37-24-23-35-13-5-7-20-44(35)50(37)33-42)41-18-9-16-39(32-41)45-21-10-22-46-48(45)30-29-47-43-19-6-4-14-36(43)26-28-49(46)47/h1-33H. The average molecular weight is 648 g/mol. The summed E-state index contributed by atoms with van der Waals surface area (Å²) in [6.45, 7) is 0. The Balaban J connectivity index is 1.17. The normalized spacial score (nSPS) is 11.5. The quantitative estimate of drug-likeness (QED) is 0.168. The van der Waals surface area contributed by atoms with Crippen molar-refractivity contribution < 1.29 is 0 Å². The highest BCUT2D eigenvalue weighted by Gasteiger charge is 2.17. The molecule has 0 saturated heterocycles. The molecule has 0 aliphatic heterocycles. The van der Waals surface area contributed by atoms with Crippen molar-refractivity contribution in [3.05, 3.63) is 200 Å². The van der Waals surface area contributed by atoms with Gasteiger partial charge in [-0.25, -0.2) is 0 Å². The predicted octanol–water partition coefficient (Wildman–Crippen LogP) is 14.3. The summed E-state index contributed by atoms with van der Waals surface area (Å²) in [5, 5.41) is 12.7. The van der Waals surface area contributed by atoms with Crippen LogP contribution in [0.5, 0.6) is 0 Å². The molecule has 0 unspecified atom stereocenters. The summed E-state index contributed by atoms with van der Waals surface area (Å²) in [7, 11) is 0. The highest BCUT2D eigenvalue weighted by atomic mass is 15.1. The molecule has 238 valence electrons. The van der Waals surface area contributed by atoms with Crippen LogP contribution in [0.2, 0.25) is 0 Å². The van der Waals surface area contributed by atoms with Gasteiger partial charge in [-0.2, -0.15) is 0 Å². The number of benzene rings is 10. The van der Waals surface area contributed by atoms with Gasteiger partial charge in [0.2, 0.25) is 0 Å². The highest BCUT2D eigenvalue weighted by molar-refractivity contribution is 6.19. The van der Waals surface area contributed by atoms with Gasteiger partial charge >= 0.3 is 0 Å². The molecule has 0 atom stereocenters.